The topological polar surface area (TPSA) is 66.1 Å². The Hall–Kier alpha value is -0.960. The molecule has 16 heavy (non-hydrogen) atoms. The van der Waals surface area contributed by atoms with Crippen molar-refractivity contribution in [3.05, 3.63) is 16.6 Å². The van der Waals surface area contributed by atoms with E-state index in [-0.39, 0.29) is 12.2 Å². The Morgan fingerprint density at radius 2 is 2.56 bits per heavy atom. The van der Waals surface area contributed by atoms with E-state index in [1.165, 1.54) is 11.3 Å². The third kappa shape index (κ3) is 1.24. The molecule has 0 aliphatic carbocycles. The standard InChI is InChI=1S/C11H12N2O2S/c12-6-11(5-7-1-2-8(11)15-7)9(14)10-13-3-4-16-10/h3-4,7-9,14H,1-2,5H2. The van der Waals surface area contributed by atoms with Crippen molar-refractivity contribution in [3.63, 3.8) is 0 Å². The second kappa shape index (κ2) is 3.52. The predicted molar refractivity (Wildman–Crippen MR) is 57.6 cm³/mol. The van der Waals surface area contributed by atoms with Gasteiger partial charge in [0.2, 0.25) is 0 Å². The Bertz CT molecular complexity index is 428. The fourth-order valence-corrected chi connectivity index (χ4v) is 3.52. The number of ether oxygens (including phenoxy) is 1. The minimum absolute atomic E-state index is 0.124. The third-order valence-electron chi connectivity index (χ3n) is 3.63. The van der Waals surface area contributed by atoms with E-state index in [0.29, 0.717) is 11.4 Å². The lowest BCUT2D eigenvalue weighted by Crippen LogP contribution is -2.37. The maximum absolute atomic E-state index is 10.3. The van der Waals surface area contributed by atoms with E-state index in [0.717, 1.165) is 12.8 Å². The molecule has 3 rings (SSSR count). The van der Waals surface area contributed by atoms with Crippen LogP contribution in [0.3, 0.4) is 0 Å². The highest BCUT2D eigenvalue weighted by Crippen LogP contribution is 2.53. The molecule has 1 aromatic rings. The number of aromatic nitrogens is 1. The summed E-state index contributed by atoms with van der Waals surface area (Å²) >= 11 is 1.39. The molecule has 2 aliphatic heterocycles. The van der Waals surface area contributed by atoms with Gasteiger partial charge < -0.3 is 9.84 Å². The highest BCUT2D eigenvalue weighted by Gasteiger charge is 2.57. The molecule has 4 atom stereocenters. The van der Waals surface area contributed by atoms with Gasteiger partial charge in [-0.3, -0.25) is 0 Å². The molecule has 2 saturated heterocycles. The van der Waals surface area contributed by atoms with Gasteiger partial charge in [0.25, 0.3) is 0 Å². The van der Waals surface area contributed by atoms with Gasteiger partial charge >= 0.3 is 0 Å². The first-order chi connectivity index (χ1) is 7.76. The van der Waals surface area contributed by atoms with Crippen molar-refractivity contribution in [1.29, 1.82) is 5.26 Å². The number of hydrogen-bond donors (Lipinski definition) is 1. The first kappa shape index (κ1) is 10.2. The van der Waals surface area contributed by atoms with E-state index in [9.17, 15) is 10.4 Å². The number of aliphatic hydroxyl groups is 1. The largest absolute Gasteiger partial charge is 0.384 e. The molecular formula is C11H12N2O2S. The van der Waals surface area contributed by atoms with Crippen LogP contribution in [0.2, 0.25) is 0 Å². The molecule has 84 valence electrons. The van der Waals surface area contributed by atoms with Crippen molar-refractivity contribution in [1.82, 2.24) is 4.98 Å². The smallest absolute Gasteiger partial charge is 0.127 e. The van der Waals surface area contributed by atoms with Crippen LogP contribution in [-0.4, -0.2) is 22.3 Å². The van der Waals surface area contributed by atoms with Crippen LogP contribution in [0.1, 0.15) is 30.4 Å². The van der Waals surface area contributed by atoms with Gasteiger partial charge in [0.05, 0.1) is 18.3 Å². The zero-order chi connectivity index (χ0) is 11.2. The van der Waals surface area contributed by atoms with Crippen LogP contribution < -0.4 is 0 Å². The summed E-state index contributed by atoms with van der Waals surface area (Å²) in [6, 6.07) is 2.29. The number of rotatable bonds is 2. The first-order valence-electron chi connectivity index (χ1n) is 5.40. The molecule has 3 heterocycles. The molecular weight excluding hydrogens is 224 g/mol. The molecule has 2 fully saturated rings. The van der Waals surface area contributed by atoms with E-state index in [2.05, 4.69) is 11.1 Å². The first-order valence-corrected chi connectivity index (χ1v) is 6.28. The van der Waals surface area contributed by atoms with Crippen molar-refractivity contribution in [2.24, 2.45) is 5.41 Å². The zero-order valence-electron chi connectivity index (χ0n) is 8.67. The molecule has 1 N–H and O–H groups in total. The van der Waals surface area contributed by atoms with Crippen molar-refractivity contribution >= 4 is 11.3 Å². The summed E-state index contributed by atoms with van der Waals surface area (Å²) in [5.74, 6) is 0. The van der Waals surface area contributed by atoms with Gasteiger partial charge in [-0.1, -0.05) is 0 Å². The summed E-state index contributed by atoms with van der Waals surface area (Å²) in [6.45, 7) is 0. The van der Waals surface area contributed by atoms with Crippen molar-refractivity contribution in [2.75, 3.05) is 0 Å². The lowest BCUT2D eigenvalue weighted by molar-refractivity contribution is 0.00332. The maximum Gasteiger partial charge on any atom is 0.127 e. The Kier molecular flexibility index (Phi) is 2.25. The predicted octanol–water partition coefficient (Wildman–Crippen LogP) is 1.64. The van der Waals surface area contributed by atoms with Gasteiger partial charge in [0.15, 0.2) is 0 Å². The number of aliphatic hydroxyl groups excluding tert-OH is 1. The van der Waals surface area contributed by atoms with Gasteiger partial charge in [-0.2, -0.15) is 5.26 Å². The van der Waals surface area contributed by atoms with Gasteiger partial charge in [0, 0.05) is 11.6 Å². The molecule has 0 saturated carbocycles. The van der Waals surface area contributed by atoms with Crippen LogP contribution >= 0.6 is 11.3 Å². The van der Waals surface area contributed by atoms with Crippen LogP contribution in [0.25, 0.3) is 0 Å². The summed E-state index contributed by atoms with van der Waals surface area (Å²) in [5, 5.41) is 22.2. The summed E-state index contributed by atoms with van der Waals surface area (Å²) in [4.78, 5) is 4.10. The average molecular weight is 236 g/mol. The van der Waals surface area contributed by atoms with Gasteiger partial charge in [-0.25, -0.2) is 4.98 Å². The number of thiazole rings is 1. The van der Waals surface area contributed by atoms with E-state index in [4.69, 9.17) is 4.74 Å². The second-order valence-electron chi connectivity index (χ2n) is 4.45. The monoisotopic (exact) mass is 236 g/mol. The SMILES string of the molecule is N#CC1(C(O)c2nccs2)CC2CCC1O2. The highest BCUT2D eigenvalue weighted by atomic mass is 32.1. The molecule has 4 nitrogen and oxygen atoms in total. The van der Waals surface area contributed by atoms with Crippen molar-refractivity contribution in [2.45, 2.75) is 37.6 Å². The Morgan fingerprint density at radius 3 is 3.06 bits per heavy atom. The molecule has 0 spiro atoms. The Labute approximate surface area is 97.5 Å². The Morgan fingerprint density at radius 1 is 1.69 bits per heavy atom. The van der Waals surface area contributed by atoms with Crippen LogP contribution in [0, 0.1) is 16.7 Å². The van der Waals surface area contributed by atoms with Crippen molar-refractivity contribution in [3.8, 4) is 6.07 Å². The molecule has 0 radical (unpaired) electrons. The fourth-order valence-electron chi connectivity index (χ4n) is 2.80. The van der Waals surface area contributed by atoms with Crippen LogP contribution in [0.5, 0.6) is 0 Å². The Balaban J connectivity index is 1.95. The van der Waals surface area contributed by atoms with E-state index in [1.54, 1.807) is 6.20 Å². The summed E-state index contributed by atoms with van der Waals surface area (Å²) in [6.07, 6.45) is 3.39. The molecule has 2 aliphatic rings. The lowest BCUT2D eigenvalue weighted by atomic mass is 9.71. The number of nitrogens with zero attached hydrogens (tertiary/aromatic N) is 2. The average Bonchev–Trinajstić information content (AvgIpc) is 3.03. The van der Waals surface area contributed by atoms with E-state index < -0.39 is 11.5 Å². The summed E-state index contributed by atoms with van der Waals surface area (Å²) in [7, 11) is 0. The van der Waals surface area contributed by atoms with E-state index in [1.807, 2.05) is 5.38 Å². The molecule has 5 heteroatoms. The third-order valence-corrected chi connectivity index (χ3v) is 4.46. The number of fused-ring (bicyclic) bond motifs is 2. The highest BCUT2D eigenvalue weighted by molar-refractivity contribution is 7.09. The van der Waals surface area contributed by atoms with Gasteiger partial charge in [0.1, 0.15) is 16.5 Å². The van der Waals surface area contributed by atoms with Gasteiger partial charge in [-0.15, -0.1) is 11.3 Å². The van der Waals surface area contributed by atoms with E-state index >= 15 is 0 Å². The fraction of sp³-hybridized carbons (Fsp3) is 0.636. The van der Waals surface area contributed by atoms with Crippen LogP contribution in [0.4, 0.5) is 0 Å². The normalized spacial score (nSPS) is 38.5. The zero-order valence-corrected chi connectivity index (χ0v) is 9.48. The molecule has 4 unspecified atom stereocenters. The molecule has 1 aromatic heterocycles. The minimum atomic E-state index is -0.812. The van der Waals surface area contributed by atoms with Gasteiger partial charge in [-0.05, 0) is 19.3 Å². The summed E-state index contributed by atoms with van der Waals surface area (Å²) < 4.78 is 5.69. The van der Waals surface area contributed by atoms with Crippen LogP contribution in [0.15, 0.2) is 11.6 Å². The van der Waals surface area contributed by atoms with Crippen LogP contribution in [-0.2, 0) is 4.74 Å². The second-order valence-corrected chi connectivity index (χ2v) is 5.38. The molecule has 0 amide bonds. The molecule has 2 bridgehead atoms. The quantitative estimate of drug-likeness (QED) is 0.847. The number of nitriles is 1. The summed E-state index contributed by atoms with van der Waals surface area (Å²) in [5.41, 5.74) is -0.777. The molecule has 0 aromatic carbocycles. The minimum Gasteiger partial charge on any atom is -0.384 e. The lowest BCUT2D eigenvalue weighted by Gasteiger charge is -2.31. The maximum atomic E-state index is 10.3. The number of hydrogen-bond acceptors (Lipinski definition) is 5. The van der Waals surface area contributed by atoms with Crippen molar-refractivity contribution < 1.29 is 9.84 Å².